The van der Waals surface area contributed by atoms with Crippen LogP contribution in [0.4, 0.5) is 5.82 Å². The second-order valence-electron chi connectivity index (χ2n) is 4.52. The molecule has 1 aromatic carbocycles. The average Bonchev–Trinajstić information content (AvgIpc) is 2.47. The van der Waals surface area contributed by atoms with Gasteiger partial charge in [0.1, 0.15) is 11.6 Å². The molecular weight excluding hydrogens is 250 g/mol. The van der Waals surface area contributed by atoms with E-state index in [1.165, 1.54) is 5.56 Å². The van der Waals surface area contributed by atoms with Crippen molar-refractivity contribution in [3.05, 3.63) is 35.5 Å². The molecule has 0 amide bonds. The summed E-state index contributed by atoms with van der Waals surface area (Å²) in [6, 6.07) is 7.88. The maximum absolute atomic E-state index is 5.45. The Hall–Kier alpha value is -2.10. The first-order valence-corrected chi connectivity index (χ1v) is 6.98. The Kier molecular flexibility index (Phi) is 4.56. The van der Waals surface area contributed by atoms with E-state index in [9.17, 15) is 0 Å². The van der Waals surface area contributed by atoms with E-state index < -0.39 is 0 Å². The highest BCUT2D eigenvalue weighted by molar-refractivity contribution is 5.60. The number of anilines is 1. The summed E-state index contributed by atoms with van der Waals surface area (Å²) in [7, 11) is 1.89. The first-order chi connectivity index (χ1) is 9.69. The zero-order valence-corrected chi connectivity index (χ0v) is 12.5. The standard InChI is InChI=1S/C16H21N3O/c1-5-14-11(3)18-15(19-16(14)17-4)12-7-9-13(10-8-12)20-6-2/h7-10H,5-6H2,1-4H3,(H,17,18,19). The number of benzene rings is 1. The molecule has 0 aliphatic carbocycles. The topological polar surface area (TPSA) is 47.0 Å². The maximum Gasteiger partial charge on any atom is 0.161 e. The molecule has 0 saturated carbocycles. The van der Waals surface area contributed by atoms with E-state index in [0.29, 0.717) is 6.61 Å². The summed E-state index contributed by atoms with van der Waals surface area (Å²) in [6.07, 6.45) is 0.922. The summed E-state index contributed by atoms with van der Waals surface area (Å²) in [5, 5.41) is 3.15. The van der Waals surface area contributed by atoms with Gasteiger partial charge in [0.05, 0.1) is 6.61 Å². The minimum absolute atomic E-state index is 0.671. The van der Waals surface area contributed by atoms with Crippen LogP contribution in [0.25, 0.3) is 11.4 Å². The van der Waals surface area contributed by atoms with E-state index in [1.807, 2.05) is 45.2 Å². The zero-order chi connectivity index (χ0) is 14.5. The average molecular weight is 271 g/mol. The van der Waals surface area contributed by atoms with Crippen LogP contribution in [0.1, 0.15) is 25.1 Å². The monoisotopic (exact) mass is 271 g/mol. The highest BCUT2D eigenvalue weighted by Gasteiger charge is 2.10. The van der Waals surface area contributed by atoms with Gasteiger partial charge in [-0.25, -0.2) is 9.97 Å². The lowest BCUT2D eigenvalue weighted by molar-refractivity contribution is 0.340. The van der Waals surface area contributed by atoms with Crippen LogP contribution >= 0.6 is 0 Å². The summed E-state index contributed by atoms with van der Waals surface area (Å²) in [5.74, 6) is 2.52. The molecule has 0 spiro atoms. The van der Waals surface area contributed by atoms with Gasteiger partial charge in [0.25, 0.3) is 0 Å². The molecule has 0 radical (unpaired) electrons. The molecule has 0 aliphatic heterocycles. The first-order valence-electron chi connectivity index (χ1n) is 6.98. The van der Waals surface area contributed by atoms with Crippen LogP contribution in [0.5, 0.6) is 5.75 Å². The molecule has 4 heteroatoms. The van der Waals surface area contributed by atoms with Crippen molar-refractivity contribution in [1.82, 2.24) is 9.97 Å². The molecule has 1 aromatic heterocycles. The van der Waals surface area contributed by atoms with Gasteiger partial charge in [0, 0.05) is 23.9 Å². The van der Waals surface area contributed by atoms with Gasteiger partial charge in [-0.15, -0.1) is 0 Å². The van der Waals surface area contributed by atoms with Crippen molar-refractivity contribution < 1.29 is 4.74 Å². The normalized spacial score (nSPS) is 10.4. The molecule has 0 atom stereocenters. The fourth-order valence-electron chi connectivity index (χ4n) is 2.22. The predicted octanol–water partition coefficient (Wildman–Crippen LogP) is 3.45. The smallest absolute Gasteiger partial charge is 0.161 e. The molecule has 0 fully saturated rings. The maximum atomic E-state index is 5.45. The van der Waals surface area contributed by atoms with Crippen molar-refractivity contribution >= 4 is 5.82 Å². The van der Waals surface area contributed by atoms with Crippen molar-refractivity contribution in [3.63, 3.8) is 0 Å². The Balaban J connectivity index is 2.39. The highest BCUT2D eigenvalue weighted by atomic mass is 16.5. The molecule has 20 heavy (non-hydrogen) atoms. The quantitative estimate of drug-likeness (QED) is 0.904. The van der Waals surface area contributed by atoms with E-state index in [1.54, 1.807) is 0 Å². The second-order valence-corrected chi connectivity index (χ2v) is 4.52. The third kappa shape index (κ3) is 2.90. The van der Waals surface area contributed by atoms with Crippen molar-refractivity contribution in [2.75, 3.05) is 19.0 Å². The number of ether oxygens (including phenoxy) is 1. The number of aryl methyl sites for hydroxylation is 1. The fraction of sp³-hybridized carbons (Fsp3) is 0.375. The van der Waals surface area contributed by atoms with E-state index in [4.69, 9.17) is 4.74 Å². The van der Waals surface area contributed by atoms with Gasteiger partial charge >= 0.3 is 0 Å². The number of hydrogen-bond acceptors (Lipinski definition) is 4. The summed E-state index contributed by atoms with van der Waals surface area (Å²) >= 11 is 0. The number of nitrogens with one attached hydrogen (secondary N) is 1. The van der Waals surface area contributed by atoms with Gasteiger partial charge < -0.3 is 10.1 Å². The fourth-order valence-corrected chi connectivity index (χ4v) is 2.22. The van der Waals surface area contributed by atoms with Crippen molar-refractivity contribution in [3.8, 4) is 17.1 Å². The lowest BCUT2D eigenvalue weighted by Crippen LogP contribution is -2.05. The number of nitrogens with zero attached hydrogens (tertiary/aromatic N) is 2. The van der Waals surface area contributed by atoms with Crippen LogP contribution in [0.15, 0.2) is 24.3 Å². The van der Waals surface area contributed by atoms with Crippen molar-refractivity contribution in [2.24, 2.45) is 0 Å². The molecule has 1 heterocycles. The Labute approximate surface area is 120 Å². The van der Waals surface area contributed by atoms with Crippen LogP contribution in [0.2, 0.25) is 0 Å². The molecular formula is C16H21N3O. The van der Waals surface area contributed by atoms with E-state index >= 15 is 0 Å². The Morgan fingerprint density at radius 3 is 2.35 bits per heavy atom. The highest BCUT2D eigenvalue weighted by Crippen LogP contribution is 2.24. The SMILES string of the molecule is CCOc1ccc(-c2nc(C)c(CC)c(NC)n2)cc1. The van der Waals surface area contributed by atoms with Crippen LogP contribution < -0.4 is 10.1 Å². The Bertz CT molecular complexity index is 579. The molecule has 0 aliphatic rings. The molecule has 2 rings (SSSR count). The lowest BCUT2D eigenvalue weighted by atomic mass is 10.1. The first kappa shape index (κ1) is 14.3. The van der Waals surface area contributed by atoms with Crippen molar-refractivity contribution in [1.29, 1.82) is 0 Å². The van der Waals surface area contributed by atoms with Crippen LogP contribution in [-0.2, 0) is 6.42 Å². The van der Waals surface area contributed by atoms with Gasteiger partial charge in [-0.2, -0.15) is 0 Å². The Morgan fingerprint density at radius 2 is 1.80 bits per heavy atom. The number of hydrogen-bond donors (Lipinski definition) is 1. The van der Waals surface area contributed by atoms with Gasteiger partial charge in [-0.1, -0.05) is 6.92 Å². The number of aromatic nitrogens is 2. The van der Waals surface area contributed by atoms with Crippen LogP contribution in [0, 0.1) is 6.92 Å². The lowest BCUT2D eigenvalue weighted by Gasteiger charge is -2.12. The summed E-state index contributed by atoms with van der Waals surface area (Å²) in [5.41, 5.74) is 3.19. The minimum Gasteiger partial charge on any atom is -0.494 e. The zero-order valence-electron chi connectivity index (χ0n) is 12.5. The minimum atomic E-state index is 0.671. The summed E-state index contributed by atoms with van der Waals surface area (Å²) < 4.78 is 5.45. The third-order valence-corrected chi connectivity index (χ3v) is 3.23. The molecule has 0 saturated heterocycles. The summed E-state index contributed by atoms with van der Waals surface area (Å²) in [4.78, 5) is 9.21. The van der Waals surface area contributed by atoms with Gasteiger partial charge in [0.15, 0.2) is 5.82 Å². The Morgan fingerprint density at radius 1 is 1.10 bits per heavy atom. The van der Waals surface area contributed by atoms with E-state index in [0.717, 1.165) is 35.1 Å². The summed E-state index contributed by atoms with van der Waals surface area (Å²) in [6.45, 7) is 6.79. The van der Waals surface area contributed by atoms with E-state index in [-0.39, 0.29) is 0 Å². The number of rotatable bonds is 5. The van der Waals surface area contributed by atoms with Gasteiger partial charge in [-0.3, -0.25) is 0 Å². The van der Waals surface area contributed by atoms with Crippen LogP contribution in [-0.4, -0.2) is 23.6 Å². The van der Waals surface area contributed by atoms with Crippen molar-refractivity contribution in [2.45, 2.75) is 27.2 Å². The van der Waals surface area contributed by atoms with E-state index in [2.05, 4.69) is 22.2 Å². The molecule has 4 nitrogen and oxygen atoms in total. The van der Waals surface area contributed by atoms with Gasteiger partial charge in [-0.05, 0) is 44.5 Å². The third-order valence-electron chi connectivity index (χ3n) is 3.23. The predicted molar refractivity (Wildman–Crippen MR) is 82.3 cm³/mol. The largest absolute Gasteiger partial charge is 0.494 e. The second kappa shape index (κ2) is 6.37. The van der Waals surface area contributed by atoms with Crippen LogP contribution in [0.3, 0.4) is 0 Å². The molecule has 106 valence electrons. The molecule has 2 aromatic rings. The molecule has 1 N–H and O–H groups in total. The van der Waals surface area contributed by atoms with Gasteiger partial charge in [0.2, 0.25) is 0 Å². The molecule has 0 unspecified atom stereocenters. The molecule has 0 bridgehead atoms.